The van der Waals surface area contributed by atoms with Gasteiger partial charge in [-0.25, -0.2) is 19.2 Å². The third-order valence-electron chi connectivity index (χ3n) is 8.19. The molecule has 1 amide bonds. The number of fused-ring (bicyclic) bond motifs is 4. The van der Waals surface area contributed by atoms with Crippen molar-refractivity contribution in [2.75, 3.05) is 38.6 Å². The molecule has 1 saturated carbocycles. The molecule has 38 heavy (non-hydrogen) atoms. The molecule has 2 bridgehead atoms. The average molecular weight is 608 g/mol. The maximum atomic E-state index is 15.6. The van der Waals surface area contributed by atoms with Gasteiger partial charge < -0.3 is 24.0 Å². The van der Waals surface area contributed by atoms with E-state index in [4.69, 9.17) is 26.3 Å². The second-order valence-corrected chi connectivity index (χ2v) is 13.2. The molecule has 7 rings (SSSR count). The number of hydrogen-bond donors (Lipinski definition) is 0. The minimum absolute atomic E-state index is 0.00196. The monoisotopic (exact) mass is 606 g/mol. The SMILES string of the molecule is CCc1nc2c(N3CC(N(C)C)C3)nc3c(F)c(Br)c(Cl)cc3c2n1C1C2CC1N(C(=O)OC(C)(C)C)C2. The highest BCUT2D eigenvalue weighted by Gasteiger charge is 2.56. The number of anilines is 1. The number of ether oxygens (including phenoxy) is 1. The van der Waals surface area contributed by atoms with Crippen LogP contribution in [0.5, 0.6) is 0 Å². The van der Waals surface area contributed by atoms with Gasteiger partial charge in [-0.15, -0.1) is 0 Å². The second-order valence-electron chi connectivity index (χ2n) is 12.0. The molecule has 204 valence electrons. The molecule has 3 aliphatic heterocycles. The first-order chi connectivity index (χ1) is 17.9. The smallest absolute Gasteiger partial charge is 0.410 e. The lowest BCUT2D eigenvalue weighted by atomic mass is 9.79. The molecule has 0 spiro atoms. The van der Waals surface area contributed by atoms with E-state index < -0.39 is 11.4 Å². The lowest BCUT2D eigenvalue weighted by molar-refractivity contribution is 0.0209. The van der Waals surface area contributed by atoms with Crippen LogP contribution in [0.4, 0.5) is 15.0 Å². The minimum Gasteiger partial charge on any atom is -0.444 e. The molecule has 3 saturated heterocycles. The minimum atomic E-state index is -0.560. The van der Waals surface area contributed by atoms with E-state index in [2.05, 4.69) is 51.3 Å². The predicted octanol–water partition coefficient (Wildman–Crippen LogP) is 5.63. The number of pyridine rings is 1. The zero-order chi connectivity index (χ0) is 27.3. The van der Waals surface area contributed by atoms with Gasteiger partial charge in [0.05, 0.1) is 27.1 Å². The summed E-state index contributed by atoms with van der Waals surface area (Å²) in [5.74, 6) is 1.41. The molecule has 0 radical (unpaired) electrons. The van der Waals surface area contributed by atoms with E-state index in [1.165, 1.54) is 0 Å². The topological polar surface area (TPSA) is 66.7 Å². The zero-order valence-electron chi connectivity index (χ0n) is 22.6. The van der Waals surface area contributed by atoms with Crippen LogP contribution in [0.1, 0.15) is 46.0 Å². The van der Waals surface area contributed by atoms with Gasteiger partial charge in [0.15, 0.2) is 11.6 Å². The summed E-state index contributed by atoms with van der Waals surface area (Å²) < 4.78 is 23.8. The molecule has 3 aromatic rings. The van der Waals surface area contributed by atoms with Crippen LogP contribution < -0.4 is 4.90 Å². The van der Waals surface area contributed by atoms with Gasteiger partial charge in [0, 0.05) is 43.4 Å². The van der Waals surface area contributed by atoms with Crippen molar-refractivity contribution in [3.63, 3.8) is 0 Å². The van der Waals surface area contributed by atoms with Gasteiger partial charge in [-0.3, -0.25) is 0 Å². The molecular weight excluding hydrogens is 575 g/mol. The maximum Gasteiger partial charge on any atom is 0.410 e. The number of hydrogen-bond acceptors (Lipinski definition) is 6. The van der Waals surface area contributed by atoms with Crippen molar-refractivity contribution in [3.05, 3.63) is 27.2 Å². The van der Waals surface area contributed by atoms with Crippen molar-refractivity contribution < 1.29 is 13.9 Å². The first-order valence-corrected chi connectivity index (χ1v) is 14.4. The molecule has 11 heteroatoms. The summed E-state index contributed by atoms with van der Waals surface area (Å²) in [6, 6.07) is 2.23. The number of likely N-dealkylation sites (N-methyl/N-ethyl adjacent to an activating group) is 1. The molecule has 2 aromatic heterocycles. The third-order valence-corrected chi connectivity index (χ3v) is 9.49. The number of carbonyl (C=O) groups is 1. The third kappa shape index (κ3) is 3.89. The highest BCUT2D eigenvalue weighted by molar-refractivity contribution is 9.10. The van der Waals surface area contributed by atoms with Crippen LogP contribution in [0.25, 0.3) is 21.9 Å². The van der Waals surface area contributed by atoms with Crippen molar-refractivity contribution in [1.82, 2.24) is 24.3 Å². The van der Waals surface area contributed by atoms with Crippen molar-refractivity contribution in [2.45, 2.75) is 64.3 Å². The summed E-state index contributed by atoms with van der Waals surface area (Å²) in [5.41, 5.74) is 1.32. The van der Waals surface area contributed by atoms with Crippen LogP contribution in [0, 0.1) is 11.7 Å². The fourth-order valence-corrected chi connectivity index (χ4v) is 6.67. The maximum absolute atomic E-state index is 15.6. The zero-order valence-corrected chi connectivity index (χ0v) is 24.9. The number of imidazole rings is 1. The molecule has 3 unspecified atom stereocenters. The molecule has 0 N–H and O–H groups in total. The summed E-state index contributed by atoms with van der Waals surface area (Å²) in [5, 5.41) is 0.932. The molecule has 4 aliphatic rings. The van der Waals surface area contributed by atoms with Gasteiger partial charge in [0.25, 0.3) is 0 Å². The van der Waals surface area contributed by atoms with Crippen LogP contribution in [0.2, 0.25) is 5.02 Å². The van der Waals surface area contributed by atoms with E-state index in [1.54, 1.807) is 6.07 Å². The summed E-state index contributed by atoms with van der Waals surface area (Å²) in [7, 11) is 4.13. The number of aryl methyl sites for hydroxylation is 1. The Labute approximate surface area is 235 Å². The number of nitrogens with zero attached hydrogens (tertiary/aromatic N) is 6. The summed E-state index contributed by atoms with van der Waals surface area (Å²) in [4.78, 5) is 29.2. The lowest BCUT2D eigenvalue weighted by Gasteiger charge is -2.43. The van der Waals surface area contributed by atoms with Crippen LogP contribution in [0.3, 0.4) is 0 Å². The normalized spacial score (nSPS) is 23.5. The lowest BCUT2D eigenvalue weighted by Crippen LogP contribution is -2.57. The van der Waals surface area contributed by atoms with E-state index in [-0.39, 0.29) is 34.1 Å². The van der Waals surface area contributed by atoms with E-state index in [0.29, 0.717) is 35.2 Å². The van der Waals surface area contributed by atoms with E-state index >= 15 is 4.39 Å². The Bertz CT molecular complexity index is 1460. The van der Waals surface area contributed by atoms with Crippen LogP contribution in [-0.2, 0) is 11.2 Å². The van der Waals surface area contributed by atoms with Crippen LogP contribution in [0.15, 0.2) is 10.5 Å². The summed E-state index contributed by atoms with van der Waals surface area (Å²) >= 11 is 9.78. The van der Waals surface area contributed by atoms with Crippen molar-refractivity contribution in [3.8, 4) is 0 Å². The van der Waals surface area contributed by atoms with Crippen molar-refractivity contribution in [2.24, 2.45) is 5.92 Å². The molecule has 1 aliphatic carbocycles. The van der Waals surface area contributed by atoms with Gasteiger partial charge in [-0.05, 0) is 63.3 Å². The quantitative estimate of drug-likeness (QED) is 0.358. The summed E-state index contributed by atoms with van der Waals surface area (Å²) in [6.07, 6.45) is 1.33. The first-order valence-electron chi connectivity index (χ1n) is 13.2. The molecule has 5 heterocycles. The van der Waals surface area contributed by atoms with E-state index in [1.807, 2.05) is 25.7 Å². The number of amides is 1. The standard InChI is InChI=1S/C27H33BrClFN6O2/c1-7-18-31-22-24(36(18)23-13-8-17(23)35(10-13)26(37)38-27(2,3)4)15-9-16(29)19(28)20(30)21(15)32-25(22)34-11-14(12-34)33(5)6/h9,13-14,17,23H,7-8,10-12H2,1-6H3. The number of benzene rings is 1. The molecular formula is C27H33BrClFN6O2. The number of halogens is 3. The molecule has 4 fully saturated rings. The number of carbonyl (C=O) groups excluding carboxylic acids is 1. The number of aromatic nitrogens is 3. The Balaban J connectivity index is 1.52. The predicted molar refractivity (Wildman–Crippen MR) is 151 cm³/mol. The van der Waals surface area contributed by atoms with Gasteiger partial charge in [-0.2, -0.15) is 0 Å². The average Bonchev–Trinajstić information content (AvgIpc) is 3.48. The fourth-order valence-electron chi connectivity index (χ4n) is 6.18. The van der Waals surface area contributed by atoms with Crippen LogP contribution >= 0.6 is 27.5 Å². The second kappa shape index (κ2) is 8.93. The van der Waals surface area contributed by atoms with E-state index in [9.17, 15) is 4.79 Å². The van der Waals surface area contributed by atoms with Crippen molar-refractivity contribution in [1.29, 1.82) is 0 Å². The van der Waals surface area contributed by atoms with E-state index in [0.717, 1.165) is 36.4 Å². The molecule has 8 nitrogen and oxygen atoms in total. The molecule has 1 aromatic carbocycles. The van der Waals surface area contributed by atoms with Crippen LogP contribution in [-0.4, -0.2) is 81.8 Å². The summed E-state index contributed by atoms with van der Waals surface area (Å²) in [6.45, 7) is 9.97. The molecule has 3 atom stereocenters. The Morgan fingerprint density at radius 3 is 2.58 bits per heavy atom. The van der Waals surface area contributed by atoms with Gasteiger partial charge in [-0.1, -0.05) is 18.5 Å². The Morgan fingerprint density at radius 1 is 1.24 bits per heavy atom. The van der Waals surface area contributed by atoms with Gasteiger partial charge in [0.2, 0.25) is 0 Å². The largest absolute Gasteiger partial charge is 0.444 e. The number of rotatable bonds is 4. The Kier molecular flexibility index (Phi) is 6.12. The highest BCUT2D eigenvalue weighted by Crippen LogP contribution is 2.52. The van der Waals surface area contributed by atoms with Crippen molar-refractivity contribution >= 4 is 61.4 Å². The fraction of sp³-hybridized carbons (Fsp3) is 0.593. The van der Waals surface area contributed by atoms with Gasteiger partial charge in [0.1, 0.15) is 22.5 Å². The Hall–Kier alpha value is -2.17. The highest BCUT2D eigenvalue weighted by atomic mass is 79.9. The van der Waals surface area contributed by atoms with Gasteiger partial charge >= 0.3 is 6.09 Å². The Morgan fingerprint density at radius 2 is 1.95 bits per heavy atom. The first kappa shape index (κ1) is 26.1.